The molecule has 0 fully saturated rings. The molecule has 1 heterocycles. The number of amides is 1. The minimum Gasteiger partial charge on any atom is -0.480 e. The van der Waals surface area contributed by atoms with E-state index in [0.29, 0.717) is 24.0 Å². The SMILES string of the molecule is CC[C@H](NC(=O)c1ccc2c(c1)nnn2CC)C(=O)O. The van der Waals surface area contributed by atoms with E-state index in [1.54, 1.807) is 29.8 Å². The van der Waals surface area contributed by atoms with Gasteiger partial charge in [-0.2, -0.15) is 0 Å². The van der Waals surface area contributed by atoms with Crippen LogP contribution in [0.5, 0.6) is 0 Å². The Bertz CT molecular complexity index is 650. The number of aliphatic carboxylic acids is 1. The number of nitrogens with one attached hydrogen (secondary N) is 1. The van der Waals surface area contributed by atoms with Gasteiger partial charge in [0.1, 0.15) is 11.6 Å². The van der Waals surface area contributed by atoms with Crippen LogP contribution in [0.25, 0.3) is 11.0 Å². The number of nitrogens with zero attached hydrogens (tertiary/aromatic N) is 3. The van der Waals surface area contributed by atoms with Crippen LogP contribution in [0.15, 0.2) is 18.2 Å². The van der Waals surface area contributed by atoms with E-state index in [9.17, 15) is 9.59 Å². The highest BCUT2D eigenvalue weighted by molar-refractivity contribution is 5.99. The second-order valence-electron chi connectivity index (χ2n) is 4.38. The van der Waals surface area contributed by atoms with Crippen LogP contribution in [0, 0.1) is 0 Å². The number of aromatic nitrogens is 3. The highest BCUT2D eigenvalue weighted by atomic mass is 16.4. The Hall–Kier alpha value is -2.44. The third kappa shape index (κ3) is 2.61. The van der Waals surface area contributed by atoms with Crippen molar-refractivity contribution in [3.05, 3.63) is 23.8 Å². The standard InChI is InChI=1S/C13H16N4O3/c1-3-9(13(19)20)14-12(18)8-5-6-11-10(7-8)15-16-17(11)4-2/h5-7,9H,3-4H2,1-2H3,(H,14,18)(H,19,20)/t9-/m0/s1. The maximum Gasteiger partial charge on any atom is 0.326 e. The Balaban J connectivity index is 2.24. The lowest BCUT2D eigenvalue weighted by Gasteiger charge is -2.12. The number of carboxylic acids is 1. The molecular formula is C13H16N4O3. The molecule has 1 aromatic heterocycles. The molecule has 20 heavy (non-hydrogen) atoms. The molecule has 1 aromatic carbocycles. The van der Waals surface area contributed by atoms with Gasteiger partial charge in [0.15, 0.2) is 0 Å². The van der Waals surface area contributed by atoms with Crippen molar-refractivity contribution >= 4 is 22.9 Å². The van der Waals surface area contributed by atoms with Gasteiger partial charge < -0.3 is 10.4 Å². The Kier molecular flexibility index (Phi) is 3.97. The van der Waals surface area contributed by atoms with Gasteiger partial charge in [-0.05, 0) is 31.5 Å². The van der Waals surface area contributed by atoms with E-state index in [4.69, 9.17) is 5.11 Å². The van der Waals surface area contributed by atoms with Gasteiger partial charge >= 0.3 is 5.97 Å². The first kappa shape index (κ1) is 14.0. The van der Waals surface area contributed by atoms with E-state index in [-0.39, 0.29) is 0 Å². The summed E-state index contributed by atoms with van der Waals surface area (Å²) in [5.74, 6) is -1.47. The van der Waals surface area contributed by atoms with E-state index in [1.165, 1.54) is 0 Å². The zero-order chi connectivity index (χ0) is 14.7. The van der Waals surface area contributed by atoms with Crippen LogP contribution >= 0.6 is 0 Å². The summed E-state index contributed by atoms with van der Waals surface area (Å²) in [5, 5.41) is 19.4. The highest BCUT2D eigenvalue weighted by Crippen LogP contribution is 2.13. The Labute approximate surface area is 115 Å². The first-order chi connectivity index (χ1) is 9.56. The van der Waals surface area contributed by atoms with Crippen molar-refractivity contribution in [1.82, 2.24) is 20.3 Å². The molecule has 1 atom stereocenters. The molecule has 2 rings (SSSR count). The lowest BCUT2D eigenvalue weighted by Crippen LogP contribution is -2.40. The first-order valence-electron chi connectivity index (χ1n) is 6.43. The summed E-state index contributed by atoms with van der Waals surface area (Å²) in [7, 11) is 0. The molecular weight excluding hydrogens is 260 g/mol. The third-order valence-electron chi connectivity index (χ3n) is 3.09. The fourth-order valence-corrected chi connectivity index (χ4v) is 1.93. The molecule has 0 aliphatic heterocycles. The number of benzene rings is 1. The normalized spacial score (nSPS) is 12.3. The summed E-state index contributed by atoms with van der Waals surface area (Å²) in [6.45, 7) is 4.35. The maximum atomic E-state index is 12.0. The molecule has 1 amide bonds. The molecule has 0 spiro atoms. The summed E-state index contributed by atoms with van der Waals surface area (Å²) >= 11 is 0. The van der Waals surface area contributed by atoms with Crippen LogP contribution in [-0.4, -0.2) is 38.0 Å². The van der Waals surface area contributed by atoms with Crippen LogP contribution in [-0.2, 0) is 11.3 Å². The molecule has 0 unspecified atom stereocenters. The monoisotopic (exact) mass is 276 g/mol. The Morgan fingerprint density at radius 3 is 2.75 bits per heavy atom. The molecule has 0 aliphatic rings. The second-order valence-corrected chi connectivity index (χ2v) is 4.38. The molecule has 0 aliphatic carbocycles. The zero-order valence-corrected chi connectivity index (χ0v) is 11.3. The smallest absolute Gasteiger partial charge is 0.326 e. The second kappa shape index (κ2) is 5.68. The van der Waals surface area contributed by atoms with Crippen LogP contribution in [0.3, 0.4) is 0 Å². The van der Waals surface area contributed by atoms with E-state index in [0.717, 1.165) is 5.52 Å². The van der Waals surface area contributed by atoms with Crippen molar-refractivity contribution in [1.29, 1.82) is 0 Å². The Morgan fingerprint density at radius 1 is 1.40 bits per heavy atom. The molecule has 0 saturated heterocycles. The number of carbonyl (C=O) groups is 2. The molecule has 0 saturated carbocycles. The number of hydrogen-bond donors (Lipinski definition) is 2. The minimum absolute atomic E-state index is 0.329. The van der Waals surface area contributed by atoms with Gasteiger partial charge in [0, 0.05) is 12.1 Å². The van der Waals surface area contributed by atoms with Crippen molar-refractivity contribution in [2.75, 3.05) is 0 Å². The molecule has 7 nitrogen and oxygen atoms in total. The minimum atomic E-state index is -1.04. The summed E-state index contributed by atoms with van der Waals surface area (Å²) in [4.78, 5) is 22.9. The summed E-state index contributed by atoms with van der Waals surface area (Å²) in [6, 6.07) is 4.12. The molecule has 0 radical (unpaired) electrons. The van der Waals surface area contributed by atoms with E-state index < -0.39 is 17.9 Å². The number of fused-ring (bicyclic) bond motifs is 1. The van der Waals surface area contributed by atoms with Gasteiger partial charge in [-0.1, -0.05) is 12.1 Å². The van der Waals surface area contributed by atoms with Crippen LogP contribution in [0.2, 0.25) is 0 Å². The predicted octanol–water partition coefficient (Wildman–Crippen LogP) is 1.04. The highest BCUT2D eigenvalue weighted by Gasteiger charge is 2.19. The molecule has 7 heteroatoms. The fourth-order valence-electron chi connectivity index (χ4n) is 1.93. The van der Waals surface area contributed by atoms with Gasteiger partial charge in [-0.15, -0.1) is 5.10 Å². The molecule has 106 valence electrons. The number of aryl methyl sites for hydroxylation is 1. The summed E-state index contributed by atoms with van der Waals surface area (Å²) < 4.78 is 1.73. The lowest BCUT2D eigenvalue weighted by molar-refractivity contribution is -0.139. The molecule has 0 bridgehead atoms. The summed E-state index contributed by atoms with van der Waals surface area (Å²) in [6.07, 6.45) is 0.329. The van der Waals surface area contributed by atoms with Crippen LogP contribution in [0.1, 0.15) is 30.6 Å². The van der Waals surface area contributed by atoms with E-state index in [2.05, 4.69) is 15.6 Å². The van der Waals surface area contributed by atoms with Crippen molar-refractivity contribution in [2.24, 2.45) is 0 Å². The van der Waals surface area contributed by atoms with Crippen LogP contribution in [0.4, 0.5) is 0 Å². The van der Waals surface area contributed by atoms with Crippen LogP contribution < -0.4 is 5.32 Å². The van der Waals surface area contributed by atoms with Gasteiger partial charge in [-0.3, -0.25) is 4.79 Å². The lowest BCUT2D eigenvalue weighted by atomic mass is 10.1. The van der Waals surface area contributed by atoms with Crippen molar-refractivity contribution < 1.29 is 14.7 Å². The maximum absolute atomic E-state index is 12.0. The third-order valence-corrected chi connectivity index (χ3v) is 3.09. The Morgan fingerprint density at radius 2 is 2.15 bits per heavy atom. The fraction of sp³-hybridized carbons (Fsp3) is 0.385. The molecule has 2 aromatic rings. The van der Waals surface area contributed by atoms with Crippen molar-refractivity contribution in [2.45, 2.75) is 32.9 Å². The summed E-state index contributed by atoms with van der Waals surface area (Å²) in [5.41, 5.74) is 1.83. The van der Waals surface area contributed by atoms with Gasteiger partial charge in [0.25, 0.3) is 5.91 Å². The van der Waals surface area contributed by atoms with Crippen molar-refractivity contribution in [3.63, 3.8) is 0 Å². The first-order valence-corrected chi connectivity index (χ1v) is 6.43. The number of hydrogen-bond acceptors (Lipinski definition) is 4. The van der Waals surface area contributed by atoms with E-state index in [1.807, 2.05) is 6.92 Å². The number of carboxylic acid groups (broad SMARTS) is 1. The molecule has 2 N–H and O–H groups in total. The van der Waals surface area contributed by atoms with Crippen molar-refractivity contribution in [3.8, 4) is 0 Å². The average Bonchev–Trinajstić information content (AvgIpc) is 2.86. The van der Waals surface area contributed by atoms with Gasteiger partial charge in [0.2, 0.25) is 0 Å². The zero-order valence-electron chi connectivity index (χ0n) is 11.3. The average molecular weight is 276 g/mol. The number of rotatable bonds is 5. The number of carbonyl (C=O) groups excluding carboxylic acids is 1. The van der Waals surface area contributed by atoms with Gasteiger partial charge in [-0.25, -0.2) is 9.48 Å². The van der Waals surface area contributed by atoms with Gasteiger partial charge in [0.05, 0.1) is 5.52 Å². The predicted molar refractivity (Wildman–Crippen MR) is 72.4 cm³/mol. The van der Waals surface area contributed by atoms with E-state index >= 15 is 0 Å². The topological polar surface area (TPSA) is 97.1 Å². The quantitative estimate of drug-likeness (QED) is 0.850. The largest absolute Gasteiger partial charge is 0.480 e.